The van der Waals surface area contributed by atoms with Crippen molar-refractivity contribution in [2.24, 2.45) is 0 Å². The van der Waals surface area contributed by atoms with Crippen LogP contribution in [0.5, 0.6) is 17.2 Å². The molecule has 2 heterocycles. The highest BCUT2D eigenvalue weighted by Gasteiger charge is 2.42. The molecule has 0 saturated carbocycles. The van der Waals surface area contributed by atoms with E-state index in [0.717, 1.165) is 30.4 Å². The number of aromatic nitrogens is 2. The van der Waals surface area contributed by atoms with E-state index in [1.165, 1.54) is 0 Å². The number of amides is 1. The minimum atomic E-state index is -0.473. The molecule has 4 rings (SSSR count). The van der Waals surface area contributed by atoms with Gasteiger partial charge in [0, 0.05) is 29.8 Å². The van der Waals surface area contributed by atoms with E-state index in [1.54, 1.807) is 31.3 Å². The highest BCUT2D eigenvalue weighted by Crippen LogP contribution is 2.46. The number of methoxy groups -OCH3 is 2. The number of halogens is 1. The number of fused-ring (bicyclic) bond motifs is 1. The predicted molar refractivity (Wildman–Crippen MR) is 138 cm³/mol. The number of unbranched alkanes of at least 4 members (excludes halogenated alkanes) is 2. The first-order valence-corrected chi connectivity index (χ1v) is 12.5. The third-order valence-electron chi connectivity index (χ3n) is 6.44. The predicted octanol–water partition coefficient (Wildman–Crippen LogP) is 5.51. The Kier molecular flexibility index (Phi) is 8.06. The van der Waals surface area contributed by atoms with Crippen molar-refractivity contribution < 1.29 is 24.1 Å². The molecule has 1 unspecified atom stereocenters. The maximum absolute atomic E-state index is 13.4. The van der Waals surface area contributed by atoms with Gasteiger partial charge in [0.2, 0.25) is 0 Å². The number of aryl methyl sites for hydroxylation is 1. The van der Waals surface area contributed by atoms with Crippen molar-refractivity contribution in [3.63, 3.8) is 0 Å². The molecule has 9 heteroatoms. The molecule has 1 amide bonds. The van der Waals surface area contributed by atoms with Gasteiger partial charge in [-0.25, -0.2) is 0 Å². The summed E-state index contributed by atoms with van der Waals surface area (Å²) in [5.41, 5.74) is 3.56. The van der Waals surface area contributed by atoms with Crippen LogP contribution in [0.2, 0.25) is 5.02 Å². The fraction of sp³-hybridized carbons (Fsp3) is 0.407. The number of phenols is 1. The average molecular weight is 514 g/mol. The number of rotatable bonds is 11. The SMILES string of the molecule is CCCCCOc1ccc(C2c3c(-c4cc(Cl)c(C)cc4O)n[nH]c3C(=O)N2CCOC)cc1OC. The number of aromatic hydroxyl groups is 1. The van der Waals surface area contributed by atoms with Gasteiger partial charge in [0.15, 0.2) is 11.5 Å². The first-order chi connectivity index (χ1) is 17.4. The molecular weight excluding hydrogens is 482 g/mol. The number of hydrogen-bond donors (Lipinski definition) is 2. The number of phenolic OH excluding ortho intramolecular Hbond substituents is 1. The van der Waals surface area contributed by atoms with E-state index < -0.39 is 6.04 Å². The molecule has 0 aliphatic carbocycles. The Labute approximate surface area is 216 Å². The van der Waals surface area contributed by atoms with E-state index in [0.29, 0.717) is 58.8 Å². The monoisotopic (exact) mass is 513 g/mol. The number of benzene rings is 2. The molecule has 1 aliphatic heterocycles. The zero-order chi connectivity index (χ0) is 25.8. The van der Waals surface area contributed by atoms with Crippen LogP contribution in [-0.4, -0.2) is 60.1 Å². The Morgan fingerprint density at radius 3 is 2.67 bits per heavy atom. The molecule has 0 radical (unpaired) electrons. The number of H-pyrrole nitrogens is 1. The summed E-state index contributed by atoms with van der Waals surface area (Å²) in [5.74, 6) is 1.09. The summed E-state index contributed by atoms with van der Waals surface area (Å²) in [5, 5.41) is 18.5. The highest BCUT2D eigenvalue weighted by atomic mass is 35.5. The molecule has 1 aliphatic rings. The summed E-state index contributed by atoms with van der Waals surface area (Å²) in [7, 11) is 3.20. The number of ether oxygens (including phenoxy) is 3. The van der Waals surface area contributed by atoms with Crippen LogP contribution in [0.1, 0.15) is 59.4 Å². The standard InChI is InChI=1S/C27H32ClN3O5/c1-5-6-7-11-36-21-9-8-17(14-22(21)35-4)26-23-24(18-15-19(28)16(2)13-20(18)32)29-30-25(23)27(33)31(26)10-12-34-3/h8-9,13-15,26,32H,5-7,10-12H2,1-4H3,(H,29,30). The van der Waals surface area contributed by atoms with Gasteiger partial charge in [0.05, 0.1) is 26.4 Å². The minimum Gasteiger partial charge on any atom is -0.507 e. The topological polar surface area (TPSA) is 96.9 Å². The molecule has 0 saturated heterocycles. The van der Waals surface area contributed by atoms with Gasteiger partial charge >= 0.3 is 0 Å². The first kappa shape index (κ1) is 25.9. The normalized spacial score (nSPS) is 14.9. The van der Waals surface area contributed by atoms with Crippen molar-refractivity contribution in [3.05, 3.63) is 57.7 Å². The van der Waals surface area contributed by atoms with Crippen molar-refractivity contribution in [1.29, 1.82) is 0 Å². The summed E-state index contributed by atoms with van der Waals surface area (Å²) in [4.78, 5) is 15.2. The van der Waals surface area contributed by atoms with E-state index in [9.17, 15) is 9.90 Å². The molecule has 1 aromatic heterocycles. The molecule has 3 aromatic rings. The summed E-state index contributed by atoms with van der Waals surface area (Å²) in [6.45, 7) is 5.32. The number of nitrogens with zero attached hydrogens (tertiary/aromatic N) is 2. The van der Waals surface area contributed by atoms with E-state index in [4.69, 9.17) is 25.8 Å². The van der Waals surface area contributed by atoms with Crippen molar-refractivity contribution in [3.8, 4) is 28.5 Å². The smallest absolute Gasteiger partial charge is 0.273 e. The summed E-state index contributed by atoms with van der Waals surface area (Å²) in [6, 6.07) is 8.50. The zero-order valence-corrected chi connectivity index (χ0v) is 21.8. The molecule has 0 bridgehead atoms. The lowest BCUT2D eigenvalue weighted by Crippen LogP contribution is -2.32. The molecule has 2 N–H and O–H groups in total. The molecule has 36 heavy (non-hydrogen) atoms. The summed E-state index contributed by atoms with van der Waals surface area (Å²) < 4.78 is 16.9. The van der Waals surface area contributed by atoms with Crippen LogP contribution >= 0.6 is 11.6 Å². The Balaban J connectivity index is 1.79. The highest BCUT2D eigenvalue weighted by molar-refractivity contribution is 6.31. The third-order valence-corrected chi connectivity index (χ3v) is 6.85. The Hall–Kier alpha value is -3.23. The summed E-state index contributed by atoms with van der Waals surface area (Å²) >= 11 is 6.38. The lowest BCUT2D eigenvalue weighted by molar-refractivity contribution is 0.0677. The van der Waals surface area contributed by atoms with Crippen molar-refractivity contribution in [2.75, 3.05) is 34.0 Å². The van der Waals surface area contributed by atoms with Crippen molar-refractivity contribution in [1.82, 2.24) is 15.1 Å². The molecule has 0 fully saturated rings. The van der Waals surface area contributed by atoms with E-state index in [-0.39, 0.29) is 11.7 Å². The van der Waals surface area contributed by atoms with Crippen LogP contribution in [0.3, 0.4) is 0 Å². The largest absolute Gasteiger partial charge is 0.507 e. The van der Waals surface area contributed by atoms with Crippen molar-refractivity contribution >= 4 is 17.5 Å². The first-order valence-electron chi connectivity index (χ1n) is 12.1. The molecule has 0 spiro atoms. The van der Waals surface area contributed by atoms with Gasteiger partial charge in [0.1, 0.15) is 17.1 Å². The van der Waals surface area contributed by atoms with E-state index in [2.05, 4.69) is 17.1 Å². The Morgan fingerprint density at radius 1 is 1.14 bits per heavy atom. The lowest BCUT2D eigenvalue weighted by Gasteiger charge is -2.27. The fourth-order valence-corrected chi connectivity index (χ4v) is 4.70. The third kappa shape index (κ3) is 4.88. The number of carbonyl (C=O) groups excluding carboxylic acids is 1. The van der Waals surface area contributed by atoms with Gasteiger partial charge in [-0.05, 0) is 48.7 Å². The molecule has 192 valence electrons. The van der Waals surface area contributed by atoms with Gasteiger partial charge in [-0.1, -0.05) is 37.4 Å². The van der Waals surface area contributed by atoms with Gasteiger partial charge < -0.3 is 24.2 Å². The van der Waals surface area contributed by atoms with Crippen LogP contribution in [0.15, 0.2) is 30.3 Å². The second kappa shape index (κ2) is 11.2. The number of hydrogen-bond acceptors (Lipinski definition) is 6. The van der Waals surface area contributed by atoms with Gasteiger partial charge in [-0.3, -0.25) is 9.89 Å². The van der Waals surface area contributed by atoms with Crippen LogP contribution in [0, 0.1) is 6.92 Å². The Morgan fingerprint density at radius 2 is 1.94 bits per heavy atom. The van der Waals surface area contributed by atoms with Gasteiger partial charge in [-0.2, -0.15) is 5.10 Å². The minimum absolute atomic E-state index is 0.0427. The number of nitrogens with one attached hydrogen (secondary N) is 1. The van der Waals surface area contributed by atoms with Crippen LogP contribution in [0.4, 0.5) is 0 Å². The van der Waals surface area contributed by atoms with E-state index >= 15 is 0 Å². The van der Waals surface area contributed by atoms with Crippen LogP contribution in [-0.2, 0) is 4.74 Å². The maximum atomic E-state index is 13.4. The molecular formula is C27H32ClN3O5. The molecule has 1 atom stereocenters. The summed E-state index contributed by atoms with van der Waals surface area (Å²) in [6.07, 6.45) is 3.18. The second-order valence-corrected chi connectivity index (χ2v) is 9.25. The Bertz CT molecular complexity index is 1240. The fourth-order valence-electron chi connectivity index (χ4n) is 4.53. The van der Waals surface area contributed by atoms with E-state index in [1.807, 2.05) is 25.1 Å². The lowest BCUT2D eigenvalue weighted by atomic mass is 9.95. The average Bonchev–Trinajstić information content (AvgIpc) is 3.41. The van der Waals surface area contributed by atoms with Crippen LogP contribution < -0.4 is 9.47 Å². The second-order valence-electron chi connectivity index (χ2n) is 8.84. The van der Waals surface area contributed by atoms with Gasteiger partial charge in [0.25, 0.3) is 5.91 Å². The quantitative estimate of drug-likeness (QED) is 0.328. The number of carbonyl (C=O) groups is 1. The number of aromatic amines is 1. The maximum Gasteiger partial charge on any atom is 0.273 e. The molecule has 2 aromatic carbocycles. The van der Waals surface area contributed by atoms with Crippen molar-refractivity contribution in [2.45, 2.75) is 39.2 Å². The van der Waals surface area contributed by atoms with Crippen LogP contribution in [0.25, 0.3) is 11.3 Å². The molecule has 8 nitrogen and oxygen atoms in total. The van der Waals surface area contributed by atoms with Gasteiger partial charge in [-0.15, -0.1) is 0 Å². The zero-order valence-electron chi connectivity index (χ0n) is 21.1.